The molecule has 1 aromatic carbocycles. The third-order valence-electron chi connectivity index (χ3n) is 3.64. The van der Waals surface area contributed by atoms with Crippen molar-refractivity contribution >= 4 is 12.1 Å². The monoisotopic (exact) mass is 314 g/mol. The Labute approximate surface area is 134 Å². The van der Waals surface area contributed by atoms with Gasteiger partial charge >= 0.3 is 12.1 Å². The van der Waals surface area contributed by atoms with Gasteiger partial charge in [0.1, 0.15) is 0 Å². The minimum atomic E-state index is -1.04. The molecule has 2 N–H and O–H groups in total. The first-order valence-electron chi connectivity index (χ1n) is 7.18. The summed E-state index contributed by atoms with van der Waals surface area (Å²) in [7, 11) is 0. The number of aromatic carboxylic acids is 1. The smallest absolute Gasteiger partial charge is 0.407 e. The zero-order chi connectivity index (χ0) is 16.8. The molecule has 0 radical (unpaired) electrons. The SMILES string of the molecule is C[C@@H](Cc1ccccc1C(=O)O)N(Cc1ccncc1)C(=O)O. The normalized spacial score (nSPS) is 11.7. The lowest BCUT2D eigenvalue weighted by atomic mass is 10.00. The third-order valence-corrected chi connectivity index (χ3v) is 3.64. The highest BCUT2D eigenvalue weighted by molar-refractivity contribution is 5.89. The van der Waals surface area contributed by atoms with Crippen molar-refractivity contribution in [1.29, 1.82) is 0 Å². The van der Waals surface area contributed by atoms with Crippen LogP contribution in [0.15, 0.2) is 48.8 Å². The predicted molar refractivity (Wildman–Crippen MR) is 84.4 cm³/mol. The summed E-state index contributed by atoms with van der Waals surface area (Å²) < 4.78 is 0. The number of aromatic nitrogens is 1. The van der Waals surface area contributed by atoms with E-state index >= 15 is 0 Å². The first-order chi connectivity index (χ1) is 11.0. The van der Waals surface area contributed by atoms with Crippen LogP contribution < -0.4 is 0 Å². The van der Waals surface area contributed by atoms with E-state index in [1.54, 1.807) is 49.6 Å². The number of carboxylic acids is 1. The molecule has 0 bridgehead atoms. The van der Waals surface area contributed by atoms with Gasteiger partial charge in [0.2, 0.25) is 0 Å². The van der Waals surface area contributed by atoms with Crippen LogP contribution in [0.5, 0.6) is 0 Å². The Bertz CT molecular complexity index is 688. The van der Waals surface area contributed by atoms with Gasteiger partial charge in [-0.2, -0.15) is 0 Å². The summed E-state index contributed by atoms with van der Waals surface area (Å²) in [6, 6.07) is 9.81. The van der Waals surface area contributed by atoms with Crippen LogP contribution in [0, 0.1) is 0 Å². The Morgan fingerprint density at radius 3 is 2.39 bits per heavy atom. The van der Waals surface area contributed by atoms with Crippen LogP contribution in [0.3, 0.4) is 0 Å². The van der Waals surface area contributed by atoms with Crippen LogP contribution in [0.1, 0.15) is 28.4 Å². The minimum absolute atomic E-state index is 0.202. The van der Waals surface area contributed by atoms with E-state index in [9.17, 15) is 19.8 Å². The molecule has 0 aliphatic rings. The molecule has 6 heteroatoms. The van der Waals surface area contributed by atoms with Crippen LogP contribution in [0.2, 0.25) is 0 Å². The van der Waals surface area contributed by atoms with Crippen LogP contribution in [-0.2, 0) is 13.0 Å². The molecule has 0 fully saturated rings. The zero-order valence-corrected chi connectivity index (χ0v) is 12.7. The van der Waals surface area contributed by atoms with E-state index in [0.29, 0.717) is 12.0 Å². The first-order valence-corrected chi connectivity index (χ1v) is 7.18. The van der Waals surface area contributed by atoms with Crippen LogP contribution >= 0.6 is 0 Å². The molecule has 1 aromatic heterocycles. The highest BCUT2D eigenvalue weighted by Gasteiger charge is 2.21. The van der Waals surface area contributed by atoms with Crippen LogP contribution in [-0.4, -0.2) is 38.2 Å². The highest BCUT2D eigenvalue weighted by Crippen LogP contribution is 2.16. The van der Waals surface area contributed by atoms with E-state index in [2.05, 4.69) is 4.98 Å². The molecular formula is C17H18N2O4. The van der Waals surface area contributed by atoms with Gasteiger partial charge in [-0.15, -0.1) is 0 Å². The molecule has 0 unspecified atom stereocenters. The summed E-state index contributed by atoms with van der Waals surface area (Å²) in [6.07, 6.45) is 2.52. The molecule has 1 amide bonds. The topological polar surface area (TPSA) is 90.7 Å². The molecule has 23 heavy (non-hydrogen) atoms. The Balaban J connectivity index is 2.17. The van der Waals surface area contributed by atoms with Gasteiger partial charge in [-0.05, 0) is 42.7 Å². The Morgan fingerprint density at radius 1 is 1.13 bits per heavy atom. The van der Waals surface area contributed by atoms with Crippen molar-refractivity contribution < 1.29 is 19.8 Å². The van der Waals surface area contributed by atoms with Crippen LogP contribution in [0.25, 0.3) is 0 Å². The Hall–Kier alpha value is -2.89. The van der Waals surface area contributed by atoms with Crippen LogP contribution in [0.4, 0.5) is 4.79 Å². The van der Waals surface area contributed by atoms with E-state index in [-0.39, 0.29) is 18.2 Å². The average Bonchev–Trinajstić information content (AvgIpc) is 2.53. The van der Waals surface area contributed by atoms with E-state index in [1.165, 1.54) is 11.0 Å². The van der Waals surface area contributed by atoms with Gasteiger partial charge < -0.3 is 15.1 Å². The fourth-order valence-corrected chi connectivity index (χ4v) is 2.43. The second-order valence-corrected chi connectivity index (χ2v) is 5.28. The number of nitrogens with zero attached hydrogens (tertiary/aromatic N) is 2. The second-order valence-electron chi connectivity index (χ2n) is 5.28. The van der Waals surface area contributed by atoms with Crippen molar-refractivity contribution in [2.45, 2.75) is 25.9 Å². The summed E-state index contributed by atoms with van der Waals surface area (Å²) in [5, 5.41) is 18.7. The number of amides is 1. The van der Waals surface area contributed by atoms with Crippen molar-refractivity contribution in [2.75, 3.05) is 0 Å². The molecular weight excluding hydrogens is 296 g/mol. The molecule has 0 saturated heterocycles. The van der Waals surface area contributed by atoms with E-state index in [4.69, 9.17) is 0 Å². The summed E-state index contributed by atoms with van der Waals surface area (Å²) >= 11 is 0. The quantitative estimate of drug-likeness (QED) is 0.855. The summed E-state index contributed by atoms with van der Waals surface area (Å²) in [6.45, 7) is 2.00. The lowest BCUT2D eigenvalue weighted by Gasteiger charge is -2.27. The van der Waals surface area contributed by atoms with E-state index in [1.807, 2.05) is 0 Å². The standard InChI is InChI=1S/C17H18N2O4/c1-12(10-14-4-2-3-5-15(14)16(20)21)19(17(22)23)11-13-6-8-18-9-7-13/h2-9,12H,10-11H2,1H3,(H,20,21)(H,22,23)/t12-/m0/s1. The lowest BCUT2D eigenvalue weighted by molar-refractivity contribution is 0.0695. The molecule has 1 heterocycles. The molecule has 2 aromatic rings. The second kappa shape index (κ2) is 7.40. The number of rotatable bonds is 6. The summed E-state index contributed by atoms with van der Waals surface area (Å²) in [4.78, 5) is 28.0. The molecule has 0 saturated carbocycles. The van der Waals surface area contributed by atoms with Gasteiger partial charge in [0.05, 0.1) is 5.56 Å². The predicted octanol–water partition coefficient (Wildman–Crippen LogP) is 2.89. The highest BCUT2D eigenvalue weighted by atomic mass is 16.4. The maximum atomic E-state index is 11.5. The number of pyridine rings is 1. The van der Waals surface area contributed by atoms with Gasteiger partial charge in [-0.1, -0.05) is 18.2 Å². The Morgan fingerprint density at radius 2 is 1.78 bits per heavy atom. The summed E-state index contributed by atoms with van der Waals surface area (Å²) in [5.74, 6) is -1.01. The summed E-state index contributed by atoms with van der Waals surface area (Å²) in [5.41, 5.74) is 1.66. The van der Waals surface area contributed by atoms with E-state index < -0.39 is 12.1 Å². The van der Waals surface area contributed by atoms with Crippen molar-refractivity contribution in [3.8, 4) is 0 Å². The molecule has 1 atom stereocenters. The average molecular weight is 314 g/mol. The molecule has 0 aliphatic carbocycles. The molecule has 6 nitrogen and oxygen atoms in total. The molecule has 2 rings (SSSR count). The lowest BCUT2D eigenvalue weighted by Crippen LogP contribution is -2.38. The maximum absolute atomic E-state index is 11.5. The number of hydrogen-bond donors (Lipinski definition) is 2. The number of hydrogen-bond acceptors (Lipinski definition) is 3. The van der Waals surface area contributed by atoms with Gasteiger partial charge in [-0.3, -0.25) is 4.98 Å². The first kappa shape index (κ1) is 16.5. The van der Waals surface area contributed by atoms with Crippen molar-refractivity contribution in [2.24, 2.45) is 0 Å². The fourth-order valence-electron chi connectivity index (χ4n) is 2.43. The zero-order valence-electron chi connectivity index (χ0n) is 12.7. The molecule has 0 aliphatic heterocycles. The van der Waals surface area contributed by atoms with Gasteiger partial charge in [0.25, 0.3) is 0 Å². The Kier molecular flexibility index (Phi) is 5.30. The third kappa shape index (κ3) is 4.29. The molecule has 0 spiro atoms. The van der Waals surface area contributed by atoms with Crippen molar-refractivity contribution in [1.82, 2.24) is 9.88 Å². The number of benzene rings is 1. The maximum Gasteiger partial charge on any atom is 0.407 e. The van der Waals surface area contributed by atoms with E-state index in [0.717, 1.165) is 5.56 Å². The van der Waals surface area contributed by atoms with Crippen molar-refractivity contribution in [3.63, 3.8) is 0 Å². The van der Waals surface area contributed by atoms with Crippen molar-refractivity contribution in [3.05, 3.63) is 65.5 Å². The number of carboxylic acid groups (broad SMARTS) is 2. The largest absolute Gasteiger partial charge is 0.478 e. The van der Waals surface area contributed by atoms with Gasteiger partial charge in [0.15, 0.2) is 0 Å². The van der Waals surface area contributed by atoms with Gasteiger partial charge in [-0.25, -0.2) is 9.59 Å². The minimum Gasteiger partial charge on any atom is -0.478 e. The number of carbonyl (C=O) groups is 2. The van der Waals surface area contributed by atoms with Gasteiger partial charge in [0, 0.05) is 25.0 Å². The fraction of sp³-hybridized carbons (Fsp3) is 0.235. The molecule has 120 valence electrons.